The molecule has 2 aliphatic rings. The molecule has 1 saturated carbocycles. The van der Waals surface area contributed by atoms with Gasteiger partial charge < -0.3 is 9.84 Å². The highest BCUT2D eigenvalue weighted by molar-refractivity contribution is 5.41. The lowest BCUT2D eigenvalue weighted by Gasteiger charge is -2.59. The van der Waals surface area contributed by atoms with Crippen LogP contribution in [-0.4, -0.2) is 17.3 Å². The molecular formula is C30H42O2. The van der Waals surface area contributed by atoms with Gasteiger partial charge in [-0.15, -0.1) is 0 Å². The van der Waals surface area contributed by atoms with Crippen molar-refractivity contribution in [3.8, 4) is 0 Å². The van der Waals surface area contributed by atoms with Crippen LogP contribution < -0.4 is 0 Å². The molecule has 174 valence electrons. The highest BCUT2D eigenvalue weighted by Gasteiger charge is 2.55. The predicted octanol–water partition coefficient (Wildman–Crippen LogP) is 7.17. The van der Waals surface area contributed by atoms with Crippen molar-refractivity contribution in [2.24, 2.45) is 17.3 Å². The van der Waals surface area contributed by atoms with Gasteiger partial charge in [0.2, 0.25) is 0 Å². The SMILES string of the molecule is Cc1ccc2c(c1)[C@@]1(C)CC[C@H](C(OC(C)C[C@@H](C)O)c3ccccc3)C(C)(C)[C@@H]1CC2. The summed E-state index contributed by atoms with van der Waals surface area (Å²) in [6.07, 6.45) is 5.21. The van der Waals surface area contributed by atoms with Gasteiger partial charge in [0, 0.05) is 0 Å². The molecule has 2 aliphatic carbocycles. The first kappa shape index (κ1) is 23.5. The Morgan fingerprint density at radius 2 is 1.75 bits per heavy atom. The number of aliphatic hydroxyl groups is 1. The Kier molecular flexibility index (Phi) is 6.58. The van der Waals surface area contributed by atoms with E-state index in [4.69, 9.17) is 4.74 Å². The van der Waals surface area contributed by atoms with Gasteiger partial charge in [0.05, 0.1) is 18.3 Å². The maximum atomic E-state index is 9.94. The van der Waals surface area contributed by atoms with Crippen LogP contribution in [0.15, 0.2) is 48.5 Å². The number of ether oxygens (including phenoxy) is 1. The molecule has 0 radical (unpaired) electrons. The van der Waals surface area contributed by atoms with Crippen LogP contribution in [0.4, 0.5) is 0 Å². The van der Waals surface area contributed by atoms with Crippen LogP contribution in [0.3, 0.4) is 0 Å². The lowest BCUT2D eigenvalue weighted by molar-refractivity contribution is -0.123. The molecule has 0 bridgehead atoms. The lowest BCUT2D eigenvalue weighted by Crippen LogP contribution is -2.53. The molecule has 4 rings (SSSR count). The second-order valence-electron chi connectivity index (χ2n) is 11.5. The van der Waals surface area contributed by atoms with E-state index in [0.29, 0.717) is 18.3 Å². The maximum absolute atomic E-state index is 9.94. The number of aliphatic hydroxyl groups excluding tert-OH is 1. The minimum Gasteiger partial charge on any atom is -0.393 e. The fourth-order valence-corrected chi connectivity index (χ4v) is 7.21. The zero-order valence-electron chi connectivity index (χ0n) is 20.9. The second-order valence-corrected chi connectivity index (χ2v) is 11.5. The van der Waals surface area contributed by atoms with E-state index in [-0.39, 0.29) is 29.1 Å². The van der Waals surface area contributed by atoms with Crippen LogP contribution >= 0.6 is 0 Å². The summed E-state index contributed by atoms with van der Waals surface area (Å²) < 4.78 is 6.76. The smallest absolute Gasteiger partial charge is 0.0861 e. The molecule has 32 heavy (non-hydrogen) atoms. The summed E-state index contributed by atoms with van der Waals surface area (Å²) in [5.74, 6) is 1.08. The van der Waals surface area contributed by atoms with Gasteiger partial charge in [0.1, 0.15) is 0 Å². The van der Waals surface area contributed by atoms with Gasteiger partial charge in [-0.05, 0) is 92.2 Å². The molecular weight excluding hydrogens is 392 g/mol. The molecule has 0 aromatic heterocycles. The Morgan fingerprint density at radius 3 is 2.44 bits per heavy atom. The molecule has 0 amide bonds. The Bertz CT molecular complexity index is 916. The number of hydrogen-bond donors (Lipinski definition) is 1. The molecule has 2 aromatic carbocycles. The van der Waals surface area contributed by atoms with E-state index < -0.39 is 0 Å². The highest BCUT2D eigenvalue weighted by Crippen LogP contribution is 2.62. The zero-order valence-corrected chi connectivity index (χ0v) is 20.9. The van der Waals surface area contributed by atoms with Crippen LogP contribution in [0.2, 0.25) is 0 Å². The quantitative estimate of drug-likeness (QED) is 0.522. The molecule has 2 heteroatoms. The number of fused-ring (bicyclic) bond motifs is 3. The number of hydrogen-bond acceptors (Lipinski definition) is 2. The Morgan fingerprint density at radius 1 is 1.03 bits per heavy atom. The summed E-state index contributed by atoms with van der Waals surface area (Å²) in [4.78, 5) is 0. The predicted molar refractivity (Wildman–Crippen MR) is 133 cm³/mol. The van der Waals surface area contributed by atoms with Crippen LogP contribution in [-0.2, 0) is 16.6 Å². The minimum absolute atomic E-state index is 0.0269. The molecule has 2 nitrogen and oxygen atoms in total. The molecule has 0 aliphatic heterocycles. The second kappa shape index (κ2) is 8.95. The minimum atomic E-state index is -0.345. The van der Waals surface area contributed by atoms with Gasteiger partial charge in [-0.1, -0.05) is 74.9 Å². The molecule has 6 atom stereocenters. The molecule has 0 heterocycles. The Labute approximate surface area is 195 Å². The summed E-state index contributed by atoms with van der Waals surface area (Å²) in [5, 5.41) is 9.94. The summed E-state index contributed by atoms with van der Waals surface area (Å²) >= 11 is 0. The topological polar surface area (TPSA) is 29.5 Å². The average molecular weight is 435 g/mol. The van der Waals surface area contributed by atoms with Gasteiger partial charge in [-0.3, -0.25) is 0 Å². The van der Waals surface area contributed by atoms with Gasteiger partial charge >= 0.3 is 0 Å². The van der Waals surface area contributed by atoms with E-state index in [1.807, 2.05) is 6.92 Å². The van der Waals surface area contributed by atoms with Crippen molar-refractivity contribution >= 4 is 0 Å². The first-order valence-electron chi connectivity index (χ1n) is 12.6. The zero-order chi connectivity index (χ0) is 23.1. The van der Waals surface area contributed by atoms with Crippen molar-refractivity contribution in [3.63, 3.8) is 0 Å². The molecule has 0 spiro atoms. The largest absolute Gasteiger partial charge is 0.393 e. The van der Waals surface area contributed by atoms with Gasteiger partial charge in [0.25, 0.3) is 0 Å². The first-order chi connectivity index (χ1) is 15.1. The standard InChI is InChI=1S/C30H42O2/c1-20-12-13-23-14-15-27-29(4,5)25(16-17-30(27,6)26(23)18-20)28(24-10-8-7-9-11-24)32-22(3)19-21(2)31/h7-13,18,21-22,25,27-28,31H,14-17,19H2,1-6H3/t21-,22?,25-,27+,28?,30-/m1/s1. The summed E-state index contributed by atoms with van der Waals surface area (Å²) in [6, 6.07) is 17.9. The van der Waals surface area contributed by atoms with Crippen LogP contribution in [0.5, 0.6) is 0 Å². The van der Waals surface area contributed by atoms with Gasteiger partial charge in [0.15, 0.2) is 0 Å². The summed E-state index contributed by atoms with van der Waals surface area (Å²) in [5.41, 5.74) is 6.19. The Balaban J connectivity index is 1.69. The van der Waals surface area contributed by atoms with Crippen molar-refractivity contribution in [1.29, 1.82) is 0 Å². The third-order valence-electron chi connectivity index (χ3n) is 8.73. The van der Waals surface area contributed by atoms with Crippen molar-refractivity contribution in [1.82, 2.24) is 0 Å². The van der Waals surface area contributed by atoms with E-state index in [1.54, 1.807) is 11.1 Å². The van der Waals surface area contributed by atoms with Crippen LogP contribution in [0.1, 0.15) is 88.7 Å². The monoisotopic (exact) mass is 434 g/mol. The molecule has 2 unspecified atom stereocenters. The van der Waals surface area contributed by atoms with Crippen LogP contribution in [0.25, 0.3) is 0 Å². The maximum Gasteiger partial charge on any atom is 0.0861 e. The number of aryl methyl sites for hydroxylation is 2. The molecule has 1 N–H and O–H groups in total. The fraction of sp³-hybridized carbons (Fsp3) is 0.600. The summed E-state index contributed by atoms with van der Waals surface area (Å²) in [6.45, 7) is 13.7. The van der Waals surface area contributed by atoms with Crippen molar-refractivity contribution in [2.45, 2.75) is 97.4 Å². The van der Waals surface area contributed by atoms with E-state index in [1.165, 1.54) is 30.4 Å². The van der Waals surface area contributed by atoms with E-state index in [9.17, 15) is 5.11 Å². The van der Waals surface area contributed by atoms with Gasteiger partial charge in [-0.25, -0.2) is 0 Å². The fourth-order valence-electron chi connectivity index (χ4n) is 7.21. The van der Waals surface area contributed by atoms with Crippen molar-refractivity contribution in [2.75, 3.05) is 0 Å². The van der Waals surface area contributed by atoms with E-state index in [2.05, 4.69) is 83.1 Å². The van der Waals surface area contributed by atoms with Crippen molar-refractivity contribution < 1.29 is 9.84 Å². The third kappa shape index (κ3) is 4.29. The normalized spacial score (nSPS) is 29.5. The van der Waals surface area contributed by atoms with Gasteiger partial charge in [-0.2, -0.15) is 0 Å². The van der Waals surface area contributed by atoms with Crippen LogP contribution in [0, 0.1) is 24.2 Å². The average Bonchev–Trinajstić information content (AvgIpc) is 2.73. The molecule has 0 saturated heterocycles. The van der Waals surface area contributed by atoms with E-state index in [0.717, 1.165) is 6.42 Å². The number of benzene rings is 2. The first-order valence-corrected chi connectivity index (χ1v) is 12.6. The van der Waals surface area contributed by atoms with E-state index >= 15 is 0 Å². The van der Waals surface area contributed by atoms with Crippen molar-refractivity contribution in [3.05, 3.63) is 70.8 Å². The molecule has 2 aromatic rings. The Hall–Kier alpha value is -1.64. The summed E-state index contributed by atoms with van der Waals surface area (Å²) in [7, 11) is 0. The third-order valence-corrected chi connectivity index (χ3v) is 8.73. The molecule has 1 fully saturated rings. The lowest BCUT2D eigenvalue weighted by atomic mass is 9.46. The highest BCUT2D eigenvalue weighted by atomic mass is 16.5. The number of rotatable bonds is 6.